The number of likely N-dealkylation sites (tertiary alicyclic amines) is 1. The van der Waals surface area contributed by atoms with Crippen LogP contribution in [0.3, 0.4) is 0 Å². The van der Waals surface area contributed by atoms with Crippen LogP contribution < -0.4 is 26.8 Å². The van der Waals surface area contributed by atoms with Crippen molar-refractivity contribution in [3.8, 4) is 5.75 Å². The summed E-state index contributed by atoms with van der Waals surface area (Å²) in [6.07, 6.45) is 6.66. The zero-order chi connectivity index (χ0) is 22.9. The molecular formula is C21H31N7O4. The van der Waals surface area contributed by atoms with E-state index in [0.29, 0.717) is 57.4 Å². The number of guanidine groups is 1. The number of pyridine rings is 1. The molecule has 11 heteroatoms. The van der Waals surface area contributed by atoms with Crippen LogP contribution in [-0.4, -0.2) is 77.8 Å². The van der Waals surface area contributed by atoms with Gasteiger partial charge < -0.3 is 36.5 Å². The number of aldehydes is 1. The van der Waals surface area contributed by atoms with Gasteiger partial charge in [-0.15, -0.1) is 0 Å². The summed E-state index contributed by atoms with van der Waals surface area (Å²) >= 11 is 0. The Labute approximate surface area is 187 Å². The molecule has 0 spiro atoms. The van der Waals surface area contributed by atoms with E-state index >= 15 is 0 Å². The molecule has 1 aromatic heterocycles. The Hall–Kier alpha value is -3.21. The molecule has 32 heavy (non-hydrogen) atoms. The van der Waals surface area contributed by atoms with Crippen LogP contribution in [0.5, 0.6) is 5.75 Å². The maximum atomic E-state index is 13.1. The van der Waals surface area contributed by atoms with Crippen LogP contribution in [0.2, 0.25) is 0 Å². The number of amides is 2. The zero-order valence-electron chi connectivity index (χ0n) is 18.0. The van der Waals surface area contributed by atoms with Gasteiger partial charge in [0.05, 0.1) is 18.3 Å². The lowest BCUT2D eigenvalue weighted by Crippen LogP contribution is -2.52. The number of rotatable bonds is 10. The van der Waals surface area contributed by atoms with Crippen LogP contribution in [0.4, 0.5) is 0 Å². The van der Waals surface area contributed by atoms with Crippen LogP contribution in [-0.2, 0) is 14.4 Å². The Morgan fingerprint density at radius 3 is 3.00 bits per heavy atom. The SMILES string of the molecule is NC(N)=NCCC[C@@H](C=O)NC(=O)[C@@H]1CCCN1C(=O)[C@H]1CC(Oc2cccnc2)CN1. The maximum Gasteiger partial charge on any atom is 0.243 e. The van der Waals surface area contributed by atoms with E-state index in [-0.39, 0.29) is 23.9 Å². The Morgan fingerprint density at radius 2 is 2.28 bits per heavy atom. The quantitative estimate of drug-likeness (QED) is 0.153. The number of carbonyl (C=O) groups is 3. The number of nitrogens with two attached hydrogens (primary N) is 2. The van der Waals surface area contributed by atoms with E-state index in [2.05, 4.69) is 20.6 Å². The van der Waals surface area contributed by atoms with Crippen molar-refractivity contribution in [2.45, 2.75) is 56.3 Å². The maximum absolute atomic E-state index is 13.1. The average Bonchev–Trinajstić information content (AvgIpc) is 3.46. The van der Waals surface area contributed by atoms with E-state index in [1.807, 2.05) is 6.07 Å². The Kier molecular flexibility index (Phi) is 8.37. The van der Waals surface area contributed by atoms with Gasteiger partial charge in [-0.1, -0.05) is 0 Å². The lowest BCUT2D eigenvalue weighted by molar-refractivity contribution is -0.140. The summed E-state index contributed by atoms with van der Waals surface area (Å²) in [5.74, 6) is 0.224. The largest absolute Gasteiger partial charge is 0.487 e. The molecule has 3 heterocycles. The van der Waals surface area contributed by atoms with Gasteiger partial charge in [0.2, 0.25) is 11.8 Å². The van der Waals surface area contributed by atoms with E-state index < -0.39 is 18.1 Å². The molecule has 6 N–H and O–H groups in total. The highest BCUT2D eigenvalue weighted by Gasteiger charge is 2.40. The summed E-state index contributed by atoms with van der Waals surface area (Å²) in [6.45, 7) is 1.44. The third-order valence-electron chi connectivity index (χ3n) is 5.62. The molecule has 0 aliphatic carbocycles. The van der Waals surface area contributed by atoms with E-state index in [1.165, 1.54) is 0 Å². The van der Waals surface area contributed by atoms with Crippen molar-refractivity contribution in [1.29, 1.82) is 0 Å². The highest BCUT2D eigenvalue weighted by Crippen LogP contribution is 2.23. The Balaban J connectivity index is 1.50. The summed E-state index contributed by atoms with van der Waals surface area (Å²) in [6, 6.07) is 1.98. The minimum Gasteiger partial charge on any atom is -0.487 e. The van der Waals surface area contributed by atoms with Crippen molar-refractivity contribution in [1.82, 2.24) is 20.5 Å². The average molecular weight is 446 g/mol. The predicted octanol–water partition coefficient (Wildman–Crippen LogP) is -1.08. The van der Waals surface area contributed by atoms with Gasteiger partial charge in [0.25, 0.3) is 0 Å². The number of nitrogens with one attached hydrogen (secondary N) is 2. The van der Waals surface area contributed by atoms with Crippen molar-refractivity contribution in [3.63, 3.8) is 0 Å². The number of ether oxygens (including phenoxy) is 1. The molecule has 0 bridgehead atoms. The second-order valence-corrected chi connectivity index (χ2v) is 8.01. The molecule has 2 amide bonds. The fourth-order valence-corrected chi connectivity index (χ4v) is 4.07. The second-order valence-electron chi connectivity index (χ2n) is 8.01. The first-order chi connectivity index (χ1) is 15.5. The van der Waals surface area contributed by atoms with Gasteiger partial charge in [-0.2, -0.15) is 0 Å². The van der Waals surface area contributed by atoms with Crippen LogP contribution in [0, 0.1) is 0 Å². The second kappa shape index (κ2) is 11.4. The number of aromatic nitrogens is 1. The molecule has 1 aromatic rings. The summed E-state index contributed by atoms with van der Waals surface area (Å²) in [5.41, 5.74) is 10.6. The fraction of sp³-hybridized carbons (Fsp3) is 0.571. The topological polar surface area (TPSA) is 165 Å². The van der Waals surface area contributed by atoms with Gasteiger partial charge in [-0.3, -0.25) is 19.6 Å². The monoisotopic (exact) mass is 445 g/mol. The molecule has 0 saturated carbocycles. The lowest BCUT2D eigenvalue weighted by atomic mass is 10.1. The van der Waals surface area contributed by atoms with Gasteiger partial charge in [-0.25, -0.2) is 0 Å². The molecule has 0 aromatic carbocycles. The zero-order valence-corrected chi connectivity index (χ0v) is 18.0. The first-order valence-corrected chi connectivity index (χ1v) is 10.9. The molecule has 2 saturated heterocycles. The number of aliphatic imine (C=N–C) groups is 1. The normalized spacial score (nSPS) is 23.4. The number of carbonyl (C=O) groups excluding carboxylic acids is 3. The standard InChI is InChI=1S/C21H31N7O4/c22-21(23)25-8-1-4-14(13-29)27-19(30)18-6-3-9-28(18)20(31)17-10-16(12-26-17)32-15-5-2-7-24-11-15/h2,5,7,11,13-14,16-18,26H,1,3-4,6,8-10,12H2,(H,27,30)(H4,22,23,25)/t14-,16?,17+,18-/m0/s1. The molecular weight excluding hydrogens is 414 g/mol. The predicted molar refractivity (Wildman–Crippen MR) is 118 cm³/mol. The van der Waals surface area contributed by atoms with Gasteiger partial charge in [0.15, 0.2) is 5.96 Å². The minimum atomic E-state index is -0.642. The molecule has 0 radical (unpaired) electrons. The number of hydrogen-bond donors (Lipinski definition) is 4. The molecule has 4 atom stereocenters. The van der Waals surface area contributed by atoms with Gasteiger partial charge in [0, 0.05) is 32.3 Å². The molecule has 1 unspecified atom stereocenters. The van der Waals surface area contributed by atoms with Crippen molar-refractivity contribution < 1.29 is 19.1 Å². The number of hydrogen-bond acceptors (Lipinski definition) is 7. The lowest BCUT2D eigenvalue weighted by Gasteiger charge is -2.27. The Morgan fingerprint density at radius 1 is 1.44 bits per heavy atom. The first-order valence-electron chi connectivity index (χ1n) is 10.9. The molecule has 174 valence electrons. The molecule has 2 aliphatic heterocycles. The van der Waals surface area contributed by atoms with Crippen LogP contribution in [0.15, 0.2) is 29.5 Å². The van der Waals surface area contributed by atoms with E-state index in [4.69, 9.17) is 16.2 Å². The van der Waals surface area contributed by atoms with Crippen molar-refractivity contribution >= 4 is 24.1 Å². The summed E-state index contributed by atoms with van der Waals surface area (Å²) in [4.78, 5) is 46.8. The molecule has 2 fully saturated rings. The van der Waals surface area contributed by atoms with Gasteiger partial charge >= 0.3 is 0 Å². The highest BCUT2D eigenvalue weighted by molar-refractivity contribution is 5.91. The molecule has 11 nitrogen and oxygen atoms in total. The van der Waals surface area contributed by atoms with E-state index in [0.717, 1.165) is 6.42 Å². The summed E-state index contributed by atoms with van der Waals surface area (Å²) in [7, 11) is 0. The van der Waals surface area contributed by atoms with Crippen LogP contribution in [0.1, 0.15) is 32.1 Å². The molecule has 2 aliphatic rings. The fourth-order valence-electron chi connectivity index (χ4n) is 4.07. The van der Waals surface area contributed by atoms with Gasteiger partial charge in [-0.05, 0) is 37.8 Å². The third kappa shape index (κ3) is 6.39. The summed E-state index contributed by atoms with van der Waals surface area (Å²) < 4.78 is 5.88. The smallest absolute Gasteiger partial charge is 0.243 e. The van der Waals surface area contributed by atoms with E-state index in [1.54, 1.807) is 23.4 Å². The highest BCUT2D eigenvalue weighted by atomic mass is 16.5. The first kappa shape index (κ1) is 23.5. The Bertz CT molecular complexity index is 816. The third-order valence-corrected chi connectivity index (χ3v) is 5.62. The van der Waals surface area contributed by atoms with E-state index in [9.17, 15) is 14.4 Å². The van der Waals surface area contributed by atoms with Crippen LogP contribution in [0.25, 0.3) is 0 Å². The summed E-state index contributed by atoms with van der Waals surface area (Å²) in [5, 5.41) is 5.95. The van der Waals surface area contributed by atoms with Crippen molar-refractivity contribution in [3.05, 3.63) is 24.5 Å². The van der Waals surface area contributed by atoms with Crippen molar-refractivity contribution in [2.24, 2.45) is 16.5 Å². The van der Waals surface area contributed by atoms with Crippen LogP contribution >= 0.6 is 0 Å². The minimum absolute atomic E-state index is 0.00889. The number of nitrogens with zero attached hydrogens (tertiary/aromatic N) is 3. The van der Waals surface area contributed by atoms with Crippen molar-refractivity contribution in [2.75, 3.05) is 19.6 Å². The van der Waals surface area contributed by atoms with Gasteiger partial charge in [0.1, 0.15) is 24.2 Å². The molecule has 3 rings (SSSR count).